The first-order valence-corrected chi connectivity index (χ1v) is 7.72. The van der Waals surface area contributed by atoms with Crippen molar-refractivity contribution in [3.8, 4) is 10.6 Å². The third-order valence-electron chi connectivity index (χ3n) is 3.39. The maximum absolute atomic E-state index is 5.84. The third-order valence-corrected chi connectivity index (χ3v) is 4.34. The first-order valence-electron chi connectivity index (χ1n) is 6.90. The zero-order chi connectivity index (χ0) is 14.9. The van der Waals surface area contributed by atoms with E-state index in [1.165, 1.54) is 16.9 Å². The lowest BCUT2D eigenvalue weighted by Crippen LogP contribution is -1.97. The zero-order valence-corrected chi connectivity index (χ0v) is 12.5. The standard InChI is InChI=1S/C16H13N5S/c17-13-8-4-7-12(10-13)15-20-21-14(18-19-16(21)22-15)9-11-5-2-1-3-6-11/h1-8,10H,9,17H2. The van der Waals surface area contributed by atoms with Crippen LogP contribution in [0.1, 0.15) is 11.4 Å². The minimum absolute atomic E-state index is 0.710. The van der Waals surface area contributed by atoms with Gasteiger partial charge in [-0.25, -0.2) is 0 Å². The van der Waals surface area contributed by atoms with Gasteiger partial charge in [-0.05, 0) is 17.7 Å². The van der Waals surface area contributed by atoms with Gasteiger partial charge in [-0.2, -0.15) is 9.61 Å². The molecule has 2 aromatic heterocycles. The third kappa shape index (κ3) is 2.33. The normalized spacial score (nSPS) is 11.1. The number of nitrogens with zero attached hydrogens (tertiary/aromatic N) is 4. The van der Waals surface area contributed by atoms with Crippen LogP contribution in [-0.4, -0.2) is 19.8 Å². The second kappa shape index (κ2) is 5.23. The van der Waals surface area contributed by atoms with Crippen LogP contribution in [-0.2, 0) is 6.42 Å². The number of nitrogens with two attached hydrogens (primary N) is 1. The first-order chi connectivity index (χ1) is 10.8. The van der Waals surface area contributed by atoms with E-state index in [4.69, 9.17) is 5.73 Å². The van der Waals surface area contributed by atoms with Gasteiger partial charge >= 0.3 is 0 Å². The average Bonchev–Trinajstić information content (AvgIpc) is 3.11. The lowest BCUT2D eigenvalue weighted by atomic mass is 10.1. The van der Waals surface area contributed by atoms with Gasteiger partial charge in [0.1, 0.15) is 5.01 Å². The Hall–Kier alpha value is -2.73. The number of hydrogen-bond acceptors (Lipinski definition) is 5. The molecular formula is C16H13N5S. The monoisotopic (exact) mass is 307 g/mol. The van der Waals surface area contributed by atoms with Crippen molar-refractivity contribution < 1.29 is 0 Å². The van der Waals surface area contributed by atoms with Crippen molar-refractivity contribution >= 4 is 22.0 Å². The quantitative estimate of drug-likeness (QED) is 0.591. The molecule has 4 rings (SSSR count). The van der Waals surface area contributed by atoms with Crippen LogP contribution >= 0.6 is 11.3 Å². The molecule has 2 aromatic carbocycles. The zero-order valence-electron chi connectivity index (χ0n) is 11.7. The molecule has 0 fully saturated rings. The fraction of sp³-hybridized carbons (Fsp3) is 0.0625. The van der Waals surface area contributed by atoms with Crippen molar-refractivity contribution in [2.45, 2.75) is 6.42 Å². The van der Waals surface area contributed by atoms with Gasteiger partial charge < -0.3 is 5.73 Å². The second-order valence-electron chi connectivity index (χ2n) is 5.01. The van der Waals surface area contributed by atoms with E-state index < -0.39 is 0 Å². The summed E-state index contributed by atoms with van der Waals surface area (Å²) in [5.41, 5.74) is 8.76. The van der Waals surface area contributed by atoms with Gasteiger partial charge in [0.2, 0.25) is 4.96 Å². The van der Waals surface area contributed by atoms with Gasteiger partial charge in [-0.1, -0.05) is 53.8 Å². The minimum Gasteiger partial charge on any atom is -0.399 e. The van der Waals surface area contributed by atoms with Gasteiger partial charge in [0.15, 0.2) is 5.82 Å². The molecule has 22 heavy (non-hydrogen) atoms. The molecule has 0 aliphatic carbocycles. The van der Waals surface area contributed by atoms with Gasteiger partial charge in [-0.15, -0.1) is 10.2 Å². The number of fused-ring (bicyclic) bond motifs is 1. The summed E-state index contributed by atoms with van der Waals surface area (Å²) < 4.78 is 1.82. The Morgan fingerprint density at radius 2 is 1.86 bits per heavy atom. The number of rotatable bonds is 3. The van der Waals surface area contributed by atoms with Crippen molar-refractivity contribution in [3.63, 3.8) is 0 Å². The topological polar surface area (TPSA) is 69.1 Å². The molecule has 0 saturated heterocycles. The highest BCUT2D eigenvalue weighted by Crippen LogP contribution is 2.27. The second-order valence-corrected chi connectivity index (χ2v) is 5.96. The molecule has 108 valence electrons. The summed E-state index contributed by atoms with van der Waals surface area (Å²) in [6.07, 6.45) is 0.710. The largest absolute Gasteiger partial charge is 0.399 e. The molecule has 0 unspecified atom stereocenters. The highest BCUT2D eigenvalue weighted by Gasteiger charge is 2.13. The van der Waals surface area contributed by atoms with Crippen LogP contribution in [0.15, 0.2) is 54.6 Å². The van der Waals surface area contributed by atoms with Crippen LogP contribution in [0.2, 0.25) is 0 Å². The Kier molecular flexibility index (Phi) is 3.08. The molecule has 0 saturated carbocycles. The van der Waals surface area contributed by atoms with Gasteiger partial charge in [0, 0.05) is 17.7 Å². The van der Waals surface area contributed by atoms with Gasteiger partial charge in [-0.3, -0.25) is 0 Å². The number of benzene rings is 2. The Bertz CT molecular complexity index is 926. The summed E-state index contributed by atoms with van der Waals surface area (Å²) in [4.78, 5) is 0.795. The van der Waals surface area contributed by atoms with Crippen molar-refractivity contribution in [2.75, 3.05) is 5.73 Å². The molecular weight excluding hydrogens is 294 g/mol. The Labute approximate surface area is 131 Å². The Balaban J connectivity index is 1.73. The summed E-state index contributed by atoms with van der Waals surface area (Å²) in [6.45, 7) is 0. The van der Waals surface area contributed by atoms with E-state index in [1.54, 1.807) is 0 Å². The molecule has 2 N–H and O–H groups in total. The number of hydrogen-bond donors (Lipinski definition) is 1. The van der Waals surface area contributed by atoms with E-state index in [1.807, 2.05) is 47.0 Å². The highest BCUT2D eigenvalue weighted by atomic mass is 32.1. The molecule has 0 radical (unpaired) electrons. The molecule has 0 amide bonds. The summed E-state index contributed by atoms with van der Waals surface area (Å²) in [5, 5.41) is 14.0. The molecule has 0 aliphatic rings. The lowest BCUT2D eigenvalue weighted by Gasteiger charge is -1.98. The molecule has 0 atom stereocenters. The minimum atomic E-state index is 0.710. The van der Waals surface area contributed by atoms with Gasteiger partial charge in [0.05, 0.1) is 0 Å². The summed E-state index contributed by atoms with van der Waals surface area (Å²) in [7, 11) is 0. The van der Waals surface area contributed by atoms with E-state index >= 15 is 0 Å². The molecule has 4 aromatic rings. The molecule has 0 bridgehead atoms. The molecule has 0 aliphatic heterocycles. The Morgan fingerprint density at radius 1 is 1.00 bits per heavy atom. The van der Waals surface area contributed by atoms with E-state index in [9.17, 15) is 0 Å². The number of aromatic nitrogens is 4. The number of nitrogen functional groups attached to an aromatic ring is 1. The molecule has 5 nitrogen and oxygen atoms in total. The van der Waals surface area contributed by atoms with Crippen LogP contribution in [0.5, 0.6) is 0 Å². The van der Waals surface area contributed by atoms with Crippen LogP contribution in [0, 0.1) is 0 Å². The SMILES string of the molecule is Nc1cccc(-c2nn3c(Cc4ccccc4)nnc3s2)c1. The average molecular weight is 307 g/mol. The maximum Gasteiger partial charge on any atom is 0.234 e. The number of anilines is 1. The van der Waals surface area contributed by atoms with Gasteiger partial charge in [0.25, 0.3) is 0 Å². The summed E-state index contributed by atoms with van der Waals surface area (Å²) >= 11 is 1.51. The molecule has 2 heterocycles. The van der Waals surface area contributed by atoms with Crippen LogP contribution < -0.4 is 5.73 Å². The fourth-order valence-electron chi connectivity index (χ4n) is 2.33. The van der Waals surface area contributed by atoms with E-state index in [0.29, 0.717) is 6.42 Å². The van der Waals surface area contributed by atoms with E-state index in [0.717, 1.165) is 27.0 Å². The van der Waals surface area contributed by atoms with Crippen LogP contribution in [0.3, 0.4) is 0 Å². The van der Waals surface area contributed by atoms with Crippen molar-refractivity contribution in [3.05, 3.63) is 66.0 Å². The molecule has 6 heteroatoms. The molecule has 0 spiro atoms. The van der Waals surface area contributed by atoms with E-state index in [-0.39, 0.29) is 0 Å². The Morgan fingerprint density at radius 3 is 2.68 bits per heavy atom. The fourth-order valence-corrected chi connectivity index (χ4v) is 3.19. The summed E-state index contributed by atoms with van der Waals surface area (Å²) in [6, 6.07) is 17.9. The summed E-state index contributed by atoms with van der Waals surface area (Å²) in [5.74, 6) is 0.840. The van der Waals surface area contributed by atoms with Crippen molar-refractivity contribution in [1.29, 1.82) is 0 Å². The van der Waals surface area contributed by atoms with Crippen LogP contribution in [0.4, 0.5) is 5.69 Å². The lowest BCUT2D eigenvalue weighted by molar-refractivity contribution is 0.854. The smallest absolute Gasteiger partial charge is 0.234 e. The van der Waals surface area contributed by atoms with Crippen molar-refractivity contribution in [2.24, 2.45) is 0 Å². The highest BCUT2D eigenvalue weighted by molar-refractivity contribution is 7.19. The van der Waals surface area contributed by atoms with Crippen LogP contribution in [0.25, 0.3) is 15.5 Å². The predicted molar refractivity (Wildman–Crippen MR) is 87.8 cm³/mol. The maximum atomic E-state index is 5.84. The van der Waals surface area contributed by atoms with E-state index in [2.05, 4.69) is 27.4 Å². The van der Waals surface area contributed by atoms with Crippen molar-refractivity contribution in [1.82, 2.24) is 19.8 Å². The predicted octanol–water partition coefficient (Wildman–Crippen LogP) is 3.03. The first kappa shape index (κ1) is 13.0.